The second-order valence-corrected chi connectivity index (χ2v) is 5.16. The van der Waals surface area contributed by atoms with E-state index in [1.165, 1.54) is 23.5 Å². The lowest BCUT2D eigenvalue weighted by molar-refractivity contribution is 0.603. The molecule has 0 saturated heterocycles. The molecule has 21 heavy (non-hydrogen) atoms. The van der Waals surface area contributed by atoms with Gasteiger partial charge >= 0.3 is 0 Å². The number of hydrogen-bond acceptors (Lipinski definition) is 3. The Morgan fingerprint density at radius 1 is 0.952 bits per heavy atom. The van der Waals surface area contributed by atoms with Crippen molar-refractivity contribution in [3.63, 3.8) is 0 Å². The molecule has 1 N–H and O–H groups in total. The van der Waals surface area contributed by atoms with E-state index in [9.17, 15) is 13.2 Å². The van der Waals surface area contributed by atoms with Crippen LogP contribution < -0.4 is 5.32 Å². The van der Waals surface area contributed by atoms with E-state index < -0.39 is 11.6 Å². The molecule has 0 aliphatic heterocycles. The van der Waals surface area contributed by atoms with E-state index in [2.05, 4.69) is 10.3 Å². The predicted octanol–water partition coefficient (Wildman–Crippen LogP) is 4.97. The van der Waals surface area contributed by atoms with Crippen LogP contribution in [-0.4, -0.2) is 4.98 Å². The van der Waals surface area contributed by atoms with Crippen LogP contribution in [-0.2, 0) is 0 Å². The van der Waals surface area contributed by atoms with Gasteiger partial charge in [-0.15, -0.1) is 11.3 Å². The number of anilines is 2. The van der Waals surface area contributed by atoms with Crippen LogP contribution in [0.25, 0.3) is 11.3 Å². The first-order valence-electron chi connectivity index (χ1n) is 6.05. The zero-order valence-electron chi connectivity index (χ0n) is 10.6. The van der Waals surface area contributed by atoms with E-state index in [0.717, 1.165) is 18.2 Å². The summed E-state index contributed by atoms with van der Waals surface area (Å²) in [5, 5.41) is 4.83. The van der Waals surface area contributed by atoms with Crippen LogP contribution >= 0.6 is 11.3 Å². The number of nitrogens with one attached hydrogen (secondary N) is 1. The van der Waals surface area contributed by atoms with E-state index in [4.69, 9.17) is 0 Å². The summed E-state index contributed by atoms with van der Waals surface area (Å²) in [6.07, 6.45) is 0. The van der Waals surface area contributed by atoms with Crippen LogP contribution in [0.4, 0.5) is 24.0 Å². The summed E-state index contributed by atoms with van der Waals surface area (Å²) >= 11 is 1.23. The van der Waals surface area contributed by atoms with Crippen molar-refractivity contribution in [1.82, 2.24) is 4.98 Å². The monoisotopic (exact) mass is 306 g/mol. The third-order valence-corrected chi connectivity index (χ3v) is 3.55. The first-order valence-corrected chi connectivity index (χ1v) is 6.93. The maximum Gasteiger partial charge on any atom is 0.187 e. The largest absolute Gasteiger partial charge is 0.329 e. The smallest absolute Gasteiger partial charge is 0.187 e. The molecule has 1 heterocycles. The van der Waals surface area contributed by atoms with Gasteiger partial charge in [0.2, 0.25) is 0 Å². The van der Waals surface area contributed by atoms with Crippen LogP contribution in [0.5, 0.6) is 0 Å². The van der Waals surface area contributed by atoms with Gasteiger partial charge in [0.1, 0.15) is 17.5 Å². The van der Waals surface area contributed by atoms with Gasteiger partial charge in [-0.25, -0.2) is 18.2 Å². The lowest BCUT2D eigenvalue weighted by Crippen LogP contribution is -1.94. The number of halogens is 3. The van der Waals surface area contributed by atoms with E-state index in [1.807, 2.05) is 0 Å². The molecule has 1 aromatic heterocycles. The highest BCUT2D eigenvalue weighted by Crippen LogP contribution is 2.28. The maximum atomic E-state index is 13.5. The molecule has 0 unspecified atom stereocenters. The quantitative estimate of drug-likeness (QED) is 0.739. The van der Waals surface area contributed by atoms with E-state index >= 15 is 0 Å². The van der Waals surface area contributed by atoms with Crippen molar-refractivity contribution in [2.45, 2.75) is 0 Å². The molecule has 2 nitrogen and oxygen atoms in total. The highest BCUT2D eigenvalue weighted by atomic mass is 32.1. The molecular weight excluding hydrogens is 297 g/mol. The molecule has 0 fully saturated rings. The Labute approximate surface area is 122 Å². The van der Waals surface area contributed by atoms with Gasteiger partial charge < -0.3 is 5.32 Å². The standard InChI is InChI=1S/C15H9F3N2S/c16-10-3-1-2-9(6-10)14-8-21-15(20-14)19-13-7-11(17)4-5-12(13)18/h1-8H,(H,19,20). The van der Waals surface area contributed by atoms with Gasteiger partial charge in [0.05, 0.1) is 11.4 Å². The molecule has 0 aliphatic rings. The summed E-state index contributed by atoms with van der Waals surface area (Å²) < 4.78 is 39.8. The van der Waals surface area contributed by atoms with Crippen molar-refractivity contribution in [3.05, 3.63) is 65.3 Å². The van der Waals surface area contributed by atoms with Gasteiger partial charge in [0, 0.05) is 17.0 Å². The average Bonchev–Trinajstić information content (AvgIpc) is 2.91. The Morgan fingerprint density at radius 2 is 1.76 bits per heavy atom. The van der Waals surface area contributed by atoms with Crippen LogP contribution in [0.3, 0.4) is 0 Å². The van der Waals surface area contributed by atoms with Crippen LogP contribution in [0.2, 0.25) is 0 Å². The topological polar surface area (TPSA) is 24.9 Å². The number of aromatic nitrogens is 1. The van der Waals surface area contributed by atoms with Gasteiger partial charge in [-0.1, -0.05) is 12.1 Å². The fourth-order valence-corrected chi connectivity index (χ4v) is 2.55. The minimum atomic E-state index is -0.570. The van der Waals surface area contributed by atoms with E-state index in [1.54, 1.807) is 17.5 Å². The molecule has 2 aromatic carbocycles. The van der Waals surface area contributed by atoms with Crippen LogP contribution in [0.1, 0.15) is 0 Å². The molecule has 0 saturated carbocycles. The highest BCUT2D eigenvalue weighted by molar-refractivity contribution is 7.14. The Hall–Kier alpha value is -2.34. The van der Waals surface area contributed by atoms with Gasteiger partial charge in [-0.3, -0.25) is 0 Å². The maximum absolute atomic E-state index is 13.5. The van der Waals surface area contributed by atoms with Crippen molar-refractivity contribution < 1.29 is 13.2 Å². The molecule has 0 spiro atoms. The number of nitrogens with zero attached hydrogens (tertiary/aromatic N) is 1. The number of rotatable bonds is 3. The second-order valence-electron chi connectivity index (χ2n) is 4.30. The highest BCUT2D eigenvalue weighted by Gasteiger charge is 2.09. The fourth-order valence-electron chi connectivity index (χ4n) is 1.82. The molecule has 3 aromatic rings. The zero-order valence-corrected chi connectivity index (χ0v) is 11.4. The molecule has 0 radical (unpaired) electrons. The number of hydrogen-bond donors (Lipinski definition) is 1. The molecule has 0 amide bonds. The minimum Gasteiger partial charge on any atom is -0.329 e. The molecule has 106 valence electrons. The average molecular weight is 306 g/mol. The minimum absolute atomic E-state index is 0.00939. The zero-order chi connectivity index (χ0) is 14.8. The fraction of sp³-hybridized carbons (Fsp3) is 0. The Balaban J connectivity index is 1.87. The summed E-state index contributed by atoms with van der Waals surface area (Å²) in [5.74, 6) is -1.47. The summed E-state index contributed by atoms with van der Waals surface area (Å²) in [6, 6.07) is 9.16. The molecule has 0 aliphatic carbocycles. The van der Waals surface area contributed by atoms with Gasteiger partial charge in [0.15, 0.2) is 5.13 Å². The summed E-state index contributed by atoms with van der Waals surface area (Å²) in [7, 11) is 0. The molecule has 3 rings (SSSR count). The summed E-state index contributed by atoms with van der Waals surface area (Å²) in [4.78, 5) is 4.24. The molecule has 6 heteroatoms. The van der Waals surface area contributed by atoms with Crippen LogP contribution in [0.15, 0.2) is 47.8 Å². The van der Waals surface area contributed by atoms with E-state index in [0.29, 0.717) is 16.4 Å². The Kier molecular flexibility index (Phi) is 3.62. The second kappa shape index (κ2) is 5.57. The first-order chi connectivity index (χ1) is 10.1. The van der Waals surface area contributed by atoms with Crippen molar-refractivity contribution in [2.75, 3.05) is 5.32 Å². The van der Waals surface area contributed by atoms with E-state index in [-0.39, 0.29) is 11.5 Å². The first kappa shape index (κ1) is 13.6. The van der Waals surface area contributed by atoms with Crippen molar-refractivity contribution in [1.29, 1.82) is 0 Å². The SMILES string of the molecule is Fc1cccc(-c2csc(Nc3cc(F)ccc3F)n2)c1. The Morgan fingerprint density at radius 3 is 2.57 bits per heavy atom. The lowest BCUT2D eigenvalue weighted by Gasteiger charge is -2.03. The summed E-state index contributed by atoms with van der Waals surface area (Å²) in [5.41, 5.74) is 1.20. The van der Waals surface area contributed by atoms with Gasteiger partial charge in [-0.2, -0.15) is 0 Å². The molecular formula is C15H9F3N2S. The lowest BCUT2D eigenvalue weighted by atomic mass is 10.2. The Bertz CT molecular complexity index is 786. The normalized spacial score (nSPS) is 10.6. The van der Waals surface area contributed by atoms with Crippen molar-refractivity contribution in [2.24, 2.45) is 0 Å². The van der Waals surface area contributed by atoms with Gasteiger partial charge in [0.25, 0.3) is 0 Å². The predicted molar refractivity (Wildman–Crippen MR) is 77.1 cm³/mol. The summed E-state index contributed by atoms with van der Waals surface area (Å²) in [6.45, 7) is 0. The van der Waals surface area contributed by atoms with Crippen molar-refractivity contribution >= 4 is 22.2 Å². The number of thiazole rings is 1. The van der Waals surface area contributed by atoms with Crippen LogP contribution in [0, 0.1) is 17.5 Å². The third kappa shape index (κ3) is 3.05. The third-order valence-electron chi connectivity index (χ3n) is 2.79. The van der Waals surface area contributed by atoms with Gasteiger partial charge in [-0.05, 0) is 24.3 Å². The molecule has 0 atom stereocenters. The van der Waals surface area contributed by atoms with Crippen molar-refractivity contribution in [3.8, 4) is 11.3 Å². The molecule has 0 bridgehead atoms. The number of benzene rings is 2.